The molecule has 0 N–H and O–H groups in total. The number of hydrogen-bond donors (Lipinski definition) is 0. The number of azide groups is 1. The van der Waals surface area contributed by atoms with Gasteiger partial charge in [-0.05, 0) is 29.8 Å². The molecule has 31 heteroatoms. The molecule has 3 saturated heterocycles. The van der Waals surface area contributed by atoms with Crippen molar-refractivity contribution in [2.24, 2.45) is 5.11 Å². The molecule has 5 heterocycles. The lowest BCUT2D eigenvalue weighted by Gasteiger charge is -2.50. The largest absolute Gasteiger partial charge is 0.491 e. The number of esters is 7. The molecule has 1 aromatic rings. The van der Waals surface area contributed by atoms with Crippen LogP contribution in [-0.2, 0) is 124 Å². The fourth-order valence-corrected chi connectivity index (χ4v) is 8.16. The van der Waals surface area contributed by atoms with Crippen molar-refractivity contribution in [1.82, 2.24) is 0 Å². The summed E-state index contributed by atoms with van der Waals surface area (Å²) in [4.78, 5) is 115. The van der Waals surface area contributed by atoms with Crippen molar-refractivity contribution in [2.45, 2.75) is 141 Å². The first-order valence-corrected chi connectivity index (χ1v) is 24.4. The van der Waals surface area contributed by atoms with Crippen molar-refractivity contribution in [2.75, 3.05) is 79.7 Å². The van der Waals surface area contributed by atoms with Gasteiger partial charge in [-0.3, -0.25) is 33.6 Å². The summed E-state index contributed by atoms with van der Waals surface area (Å²) >= 11 is 0. The number of benzene rings is 1. The summed E-state index contributed by atoms with van der Waals surface area (Å²) in [7, 11) is 1.27. The molecule has 0 aromatic heterocycles. The van der Waals surface area contributed by atoms with Crippen molar-refractivity contribution in [3.8, 4) is 11.5 Å². The summed E-state index contributed by atoms with van der Waals surface area (Å²) in [5.41, 5.74) is 9.49. The monoisotopic (exact) mass is 1120 g/mol. The van der Waals surface area contributed by atoms with E-state index in [9.17, 15) is 39.1 Å². The average molecular weight is 1120 g/mol. The SMILES string of the molecule is CO[C@H]1O[C@H](CN=[N+]=[N-])[C@@H](O[C@@H]2O[C@H](COC(C)=O)[C@@H](O[C@@H]3O[C@H](COC(C)=O)[C@H](OC(C)=O)[C@H](OC(C)=O)[C@H]3OC(C)=O)[C@H](OC(C)=O)[C@H]2OC(C)=O)[C@@H]2OOCCOCCOc3ccc(cc3)OCCOCCOO[C@@H]12. The van der Waals surface area contributed by atoms with Crippen molar-refractivity contribution < 1.29 is 134 Å². The minimum absolute atomic E-state index is 0.00217. The lowest BCUT2D eigenvalue weighted by molar-refractivity contribution is -0.459. The maximum atomic E-state index is 13.2. The Bertz CT molecular complexity index is 2170. The smallest absolute Gasteiger partial charge is 0.303 e. The lowest BCUT2D eigenvalue weighted by Crippen LogP contribution is -2.68. The summed E-state index contributed by atoms with van der Waals surface area (Å²) in [5, 5.41) is 3.68. The molecule has 1 aromatic carbocycles. The molecule has 0 radical (unpaired) electrons. The van der Waals surface area contributed by atoms with Crippen LogP contribution in [0.15, 0.2) is 29.4 Å². The number of methoxy groups -OCH3 is 1. The van der Waals surface area contributed by atoms with Crippen LogP contribution in [0.4, 0.5) is 0 Å². The second-order valence-electron chi connectivity index (χ2n) is 17.1. The van der Waals surface area contributed by atoms with E-state index in [0.717, 1.165) is 48.5 Å². The Kier molecular flexibility index (Phi) is 25.9. The Morgan fingerprint density at radius 3 is 1.33 bits per heavy atom. The van der Waals surface area contributed by atoms with Crippen molar-refractivity contribution in [3.05, 3.63) is 34.7 Å². The summed E-state index contributed by atoms with van der Waals surface area (Å²) < 4.78 is 99.2. The van der Waals surface area contributed by atoms with Gasteiger partial charge in [0.15, 0.2) is 61.6 Å². The number of rotatable bonds is 16. The van der Waals surface area contributed by atoms with Gasteiger partial charge in [-0.25, -0.2) is 19.6 Å². The molecule has 5 aliphatic rings. The molecule has 436 valence electrons. The molecule has 5 aliphatic heterocycles. The molecule has 0 saturated carbocycles. The molecule has 15 atom stereocenters. The van der Waals surface area contributed by atoms with E-state index in [1.807, 2.05) is 0 Å². The number of ether oxygens (including phenoxy) is 17. The Balaban J connectivity index is 1.55. The Labute approximate surface area is 446 Å². The standard InChI is InChI=1S/C47H65N3O28/c1-24(51)63-22-34-37(67-26(3)53)39(68-27(4)54)42(70-29(6)56)47(73-34)76-38-35(23-64-25(2)52)74-46(43(71-30(7)57)40(38)69-28(5)55)75-36-33(21-49-50-48)72-45(58-8)44-41(36)77-65-19-15-59-13-17-61-31-9-11-32(12-10-31)62-18-14-60-16-20-66-78-44/h9-12,33-47H,13-23H2,1-8H3/t33-,34-,35-,36-,37+,38-,39+,40+,41+,42-,43-,44-,45+,46+,47+/m1/s1. The van der Waals surface area contributed by atoms with Crippen LogP contribution in [0.25, 0.3) is 10.4 Å². The molecule has 78 heavy (non-hydrogen) atoms. The summed E-state index contributed by atoms with van der Waals surface area (Å²) in [6, 6.07) is 6.95. The second kappa shape index (κ2) is 32.1. The third-order valence-electron chi connectivity index (χ3n) is 11.1. The summed E-state index contributed by atoms with van der Waals surface area (Å²) in [5.74, 6) is -5.42. The van der Waals surface area contributed by atoms with Gasteiger partial charge in [0.1, 0.15) is 75.6 Å². The van der Waals surface area contributed by atoms with Gasteiger partial charge < -0.3 is 80.5 Å². The van der Waals surface area contributed by atoms with E-state index in [2.05, 4.69) is 10.0 Å². The van der Waals surface area contributed by atoms with E-state index in [-0.39, 0.29) is 52.9 Å². The normalized spacial score (nSPS) is 31.2. The molecule has 0 unspecified atom stereocenters. The predicted octanol–water partition coefficient (Wildman–Crippen LogP) is 0.811. The van der Waals surface area contributed by atoms with Gasteiger partial charge in [-0.15, -0.1) is 0 Å². The first-order chi connectivity index (χ1) is 37.4. The van der Waals surface area contributed by atoms with Crippen molar-refractivity contribution in [1.29, 1.82) is 0 Å². The maximum Gasteiger partial charge on any atom is 0.303 e. The van der Waals surface area contributed by atoms with Crippen LogP contribution in [0, 0.1) is 0 Å². The van der Waals surface area contributed by atoms with Crippen molar-refractivity contribution >= 4 is 41.8 Å². The zero-order chi connectivity index (χ0) is 56.7. The number of hydrogen-bond acceptors (Lipinski definition) is 29. The Morgan fingerprint density at radius 2 is 0.885 bits per heavy atom. The highest BCUT2D eigenvalue weighted by molar-refractivity contribution is 5.69. The summed E-state index contributed by atoms with van der Waals surface area (Å²) in [6.07, 6.45) is -25.2. The molecule has 6 rings (SSSR count). The van der Waals surface area contributed by atoms with Crippen LogP contribution in [0.3, 0.4) is 0 Å². The minimum atomic E-state index is -1.96. The molecule has 0 aliphatic carbocycles. The number of nitrogens with zero attached hydrogens (tertiary/aromatic N) is 3. The third-order valence-corrected chi connectivity index (χ3v) is 11.1. The lowest BCUT2D eigenvalue weighted by atomic mass is 9.95. The van der Waals surface area contributed by atoms with E-state index in [1.165, 1.54) is 7.11 Å². The Hall–Kier alpha value is -6.06. The van der Waals surface area contributed by atoms with E-state index in [1.54, 1.807) is 24.3 Å². The molecular formula is C47H65N3O28. The molecule has 0 amide bonds. The Morgan fingerprint density at radius 1 is 0.487 bits per heavy atom. The van der Waals surface area contributed by atoms with Gasteiger partial charge in [0.2, 0.25) is 0 Å². The predicted molar refractivity (Wildman–Crippen MR) is 249 cm³/mol. The first kappa shape index (κ1) is 62.8. The van der Waals surface area contributed by atoms with Crippen LogP contribution in [-0.4, -0.2) is 214 Å². The van der Waals surface area contributed by atoms with Gasteiger partial charge >= 0.3 is 41.8 Å². The molecule has 3 fully saturated rings. The highest BCUT2D eigenvalue weighted by atomic mass is 17.2. The summed E-state index contributed by atoms with van der Waals surface area (Å²) in [6.45, 7) is 5.44. The average Bonchev–Trinajstić information content (AvgIpc) is 3.46. The quantitative estimate of drug-likeness (QED) is 0.0420. The topological polar surface area (TPSA) is 362 Å². The molecule has 31 nitrogen and oxygen atoms in total. The number of fused-ring (bicyclic) bond motifs is 16. The number of carbonyl (C=O) groups is 7. The van der Waals surface area contributed by atoms with Crippen LogP contribution >= 0.6 is 0 Å². The van der Waals surface area contributed by atoms with E-state index < -0.39 is 154 Å². The maximum absolute atomic E-state index is 13.2. The van der Waals surface area contributed by atoms with Gasteiger partial charge in [-0.2, -0.15) is 0 Å². The fraction of sp³-hybridized carbons (Fsp3) is 0.723. The van der Waals surface area contributed by atoms with Crippen LogP contribution < -0.4 is 9.47 Å². The zero-order valence-electron chi connectivity index (χ0n) is 44.0. The van der Waals surface area contributed by atoms with Crippen molar-refractivity contribution in [3.63, 3.8) is 0 Å². The van der Waals surface area contributed by atoms with Crippen LogP contribution in [0.5, 0.6) is 11.5 Å². The van der Waals surface area contributed by atoms with Gasteiger partial charge in [-0.1, -0.05) is 5.11 Å². The van der Waals surface area contributed by atoms with E-state index in [4.69, 9.17) is 100 Å². The number of carbonyl (C=O) groups excluding carboxylic acids is 7. The highest BCUT2D eigenvalue weighted by Crippen LogP contribution is 2.38. The van der Waals surface area contributed by atoms with E-state index in [0.29, 0.717) is 11.5 Å². The first-order valence-electron chi connectivity index (χ1n) is 24.4. The molecular weight excluding hydrogens is 1050 g/mol. The van der Waals surface area contributed by atoms with Crippen LogP contribution in [0.2, 0.25) is 0 Å². The third kappa shape index (κ3) is 19.7. The van der Waals surface area contributed by atoms with Gasteiger partial charge in [0.25, 0.3) is 0 Å². The van der Waals surface area contributed by atoms with Gasteiger partial charge in [0.05, 0.1) is 39.1 Å². The molecule has 2 bridgehead atoms. The zero-order valence-corrected chi connectivity index (χ0v) is 44.0. The molecule has 0 spiro atoms. The van der Waals surface area contributed by atoms with Crippen LogP contribution in [0.1, 0.15) is 48.5 Å². The second-order valence-corrected chi connectivity index (χ2v) is 17.1. The van der Waals surface area contributed by atoms with E-state index >= 15 is 0 Å². The minimum Gasteiger partial charge on any atom is -0.491 e. The highest BCUT2D eigenvalue weighted by Gasteiger charge is 2.59. The van der Waals surface area contributed by atoms with Gasteiger partial charge in [0, 0.05) is 60.5 Å². The fourth-order valence-electron chi connectivity index (χ4n) is 8.16.